The highest BCUT2D eigenvalue weighted by Gasteiger charge is 1.88. The van der Waals surface area contributed by atoms with Gasteiger partial charge in [-0.15, -0.1) is 0 Å². The van der Waals surface area contributed by atoms with E-state index in [1.54, 1.807) is 24.3 Å². The molecular weight excluding hydrogens is 312 g/mol. The van der Waals surface area contributed by atoms with Crippen molar-refractivity contribution in [3.05, 3.63) is 72.6 Å². The van der Waals surface area contributed by atoms with Crippen LogP contribution in [-0.4, -0.2) is 16.2 Å². The summed E-state index contributed by atoms with van der Waals surface area (Å²) < 4.78 is 0. The lowest BCUT2D eigenvalue weighted by Gasteiger charge is -1.98. The van der Waals surface area contributed by atoms with Gasteiger partial charge in [-0.2, -0.15) is 0 Å². The van der Waals surface area contributed by atoms with Crippen LogP contribution in [0.25, 0.3) is 0 Å². The summed E-state index contributed by atoms with van der Waals surface area (Å²) in [5.74, 6) is -0.889. The molecule has 3 heteroatoms. The van der Waals surface area contributed by atoms with Crippen molar-refractivity contribution >= 4 is 5.97 Å². The molecule has 0 rings (SSSR count). The molecule has 0 aliphatic rings. The van der Waals surface area contributed by atoms with Gasteiger partial charge in [0.1, 0.15) is 5.76 Å². The molecule has 0 spiro atoms. The van der Waals surface area contributed by atoms with E-state index in [0.29, 0.717) is 0 Å². The maximum atomic E-state index is 10.2. The van der Waals surface area contributed by atoms with Crippen LogP contribution in [0.5, 0.6) is 0 Å². The third-order valence-electron chi connectivity index (χ3n) is 3.44. The Hall–Kier alpha value is -2.29. The first-order valence-electron chi connectivity index (χ1n) is 9.13. The predicted octanol–water partition coefficient (Wildman–Crippen LogP) is 6.43. The van der Waals surface area contributed by atoms with Crippen LogP contribution < -0.4 is 0 Å². The monoisotopic (exact) mass is 344 g/mol. The minimum atomic E-state index is -0.997. The van der Waals surface area contributed by atoms with E-state index in [0.717, 1.165) is 12.5 Å². The van der Waals surface area contributed by atoms with Gasteiger partial charge in [0.15, 0.2) is 0 Å². The van der Waals surface area contributed by atoms with Crippen molar-refractivity contribution in [3.8, 4) is 0 Å². The highest BCUT2D eigenvalue weighted by molar-refractivity contribution is 5.80. The van der Waals surface area contributed by atoms with Crippen LogP contribution in [0.1, 0.15) is 58.3 Å². The Morgan fingerprint density at radius 2 is 1.32 bits per heavy atom. The van der Waals surface area contributed by atoms with Gasteiger partial charge in [-0.25, -0.2) is 4.79 Å². The Kier molecular flexibility index (Phi) is 16.4. The Morgan fingerprint density at radius 3 is 2.04 bits per heavy atom. The first-order valence-corrected chi connectivity index (χ1v) is 9.13. The highest BCUT2D eigenvalue weighted by atomic mass is 16.4. The molecule has 0 saturated carbocycles. The molecule has 0 aromatic carbocycles. The summed E-state index contributed by atoms with van der Waals surface area (Å²) in [7, 11) is 0. The molecule has 0 aromatic heterocycles. The van der Waals surface area contributed by atoms with E-state index in [4.69, 9.17) is 5.11 Å². The van der Waals surface area contributed by atoms with Crippen molar-refractivity contribution in [2.24, 2.45) is 0 Å². The average molecular weight is 344 g/mol. The quantitative estimate of drug-likeness (QED) is 0.165. The lowest BCUT2D eigenvalue weighted by Crippen LogP contribution is -1.84. The lowest BCUT2D eigenvalue weighted by molar-refractivity contribution is -0.131. The number of hydrogen-bond donors (Lipinski definition) is 2. The first kappa shape index (κ1) is 22.7. The molecule has 138 valence electrons. The topological polar surface area (TPSA) is 57.5 Å². The van der Waals surface area contributed by atoms with Crippen molar-refractivity contribution < 1.29 is 15.0 Å². The van der Waals surface area contributed by atoms with Crippen molar-refractivity contribution in [2.45, 2.75) is 58.3 Å². The van der Waals surface area contributed by atoms with E-state index in [2.05, 4.69) is 13.0 Å². The molecule has 3 nitrogen and oxygen atoms in total. The molecule has 0 heterocycles. The Morgan fingerprint density at radius 1 is 0.720 bits per heavy atom. The largest absolute Gasteiger partial charge is 0.508 e. The Bertz CT molecular complexity index is 505. The molecule has 0 aliphatic heterocycles. The number of carbonyl (C=O) groups is 1. The number of hydrogen-bond acceptors (Lipinski definition) is 2. The second kappa shape index (κ2) is 18.1. The van der Waals surface area contributed by atoms with Gasteiger partial charge in [0, 0.05) is 6.08 Å². The lowest BCUT2D eigenvalue weighted by atomic mass is 10.1. The van der Waals surface area contributed by atoms with Crippen molar-refractivity contribution in [1.29, 1.82) is 0 Å². The first-order chi connectivity index (χ1) is 12.2. The van der Waals surface area contributed by atoms with Crippen molar-refractivity contribution in [3.63, 3.8) is 0 Å². The van der Waals surface area contributed by atoms with Crippen LogP contribution in [0.4, 0.5) is 0 Å². The van der Waals surface area contributed by atoms with Gasteiger partial charge in [-0.1, -0.05) is 94.1 Å². The number of aliphatic carboxylic acids is 1. The van der Waals surface area contributed by atoms with Gasteiger partial charge in [0.05, 0.1) is 0 Å². The fourth-order valence-corrected chi connectivity index (χ4v) is 2.09. The van der Waals surface area contributed by atoms with Crippen LogP contribution >= 0.6 is 0 Å². The summed E-state index contributed by atoms with van der Waals surface area (Å²) >= 11 is 0. The van der Waals surface area contributed by atoms with Gasteiger partial charge in [0.25, 0.3) is 0 Å². The minimum Gasteiger partial charge on any atom is -0.508 e. The molecule has 25 heavy (non-hydrogen) atoms. The van der Waals surface area contributed by atoms with E-state index in [9.17, 15) is 9.90 Å². The average Bonchev–Trinajstić information content (AvgIpc) is 2.58. The van der Waals surface area contributed by atoms with Gasteiger partial charge < -0.3 is 10.2 Å². The molecule has 0 unspecified atom stereocenters. The number of allylic oxidation sites excluding steroid dienone is 10. The highest BCUT2D eigenvalue weighted by Crippen LogP contribution is 2.08. The fourth-order valence-electron chi connectivity index (χ4n) is 2.09. The van der Waals surface area contributed by atoms with Crippen LogP contribution in [0.3, 0.4) is 0 Å². The molecule has 0 bridgehead atoms. The zero-order chi connectivity index (χ0) is 18.6. The third-order valence-corrected chi connectivity index (χ3v) is 3.44. The summed E-state index contributed by atoms with van der Waals surface area (Å²) in [4.78, 5) is 10.2. The summed E-state index contributed by atoms with van der Waals surface area (Å²) in [5.41, 5.74) is 0. The minimum absolute atomic E-state index is 0.108. The summed E-state index contributed by atoms with van der Waals surface area (Å²) in [6.45, 7) is 2.24. The molecular formula is C22H32O3. The van der Waals surface area contributed by atoms with Gasteiger partial charge in [-0.05, 0) is 25.0 Å². The van der Waals surface area contributed by atoms with Crippen LogP contribution in [-0.2, 0) is 4.79 Å². The van der Waals surface area contributed by atoms with Gasteiger partial charge in [0.2, 0.25) is 0 Å². The third kappa shape index (κ3) is 19.7. The van der Waals surface area contributed by atoms with Crippen LogP contribution in [0.15, 0.2) is 72.6 Å². The molecule has 2 N–H and O–H groups in total. The number of unbranched alkanes of at least 4 members (excludes halogenated alkanes) is 7. The molecule has 0 aromatic rings. The molecule has 0 saturated heterocycles. The molecule has 0 aliphatic carbocycles. The molecule has 0 fully saturated rings. The van der Waals surface area contributed by atoms with Gasteiger partial charge >= 0.3 is 5.97 Å². The summed E-state index contributed by atoms with van der Waals surface area (Å²) in [6, 6.07) is 0. The summed E-state index contributed by atoms with van der Waals surface area (Å²) in [5, 5.41) is 18.0. The van der Waals surface area contributed by atoms with Crippen LogP contribution in [0.2, 0.25) is 0 Å². The number of rotatable bonds is 14. The zero-order valence-electron chi connectivity index (χ0n) is 15.3. The van der Waals surface area contributed by atoms with E-state index in [1.807, 2.05) is 18.2 Å². The van der Waals surface area contributed by atoms with E-state index < -0.39 is 5.97 Å². The number of aliphatic hydroxyl groups is 1. The normalized spacial score (nSPS) is 13.4. The standard InChI is InChI=1S/C22H32O3/c1-2-3-4-5-6-7-8-9-10-11-12-13-15-18-21(23)19-16-14-17-20-22(24)25/h10-20,23H,2-9H2,1H3,(H,24,25)/b11-10+,13-12+,16-14+,18-15+,20-17+,21-19-. The maximum absolute atomic E-state index is 10.2. The Labute approximate surface area is 152 Å². The fraction of sp³-hybridized carbons (Fsp3) is 0.409. The SMILES string of the molecule is CCCCCCCCC/C=C/C=C/C=C/C(O)=C/C=C/C=C/C(=O)O. The van der Waals surface area contributed by atoms with Crippen LogP contribution in [0, 0.1) is 0 Å². The van der Waals surface area contributed by atoms with E-state index in [1.165, 1.54) is 57.1 Å². The Balaban J connectivity index is 3.77. The van der Waals surface area contributed by atoms with Crippen molar-refractivity contribution in [1.82, 2.24) is 0 Å². The zero-order valence-corrected chi connectivity index (χ0v) is 15.3. The molecule has 0 radical (unpaired) electrons. The van der Waals surface area contributed by atoms with E-state index >= 15 is 0 Å². The van der Waals surface area contributed by atoms with E-state index in [-0.39, 0.29) is 5.76 Å². The number of aliphatic hydroxyl groups excluding tert-OH is 1. The second-order valence-corrected chi connectivity index (χ2v) is 5.76. The number of carboxylic acids is 1. The number of carboxylic acid groups (broad SMARTS) is 1. The molecule has 0 amide bonds. The smallest absolute Gasteiger partial charge is 0.328 e. The second-order valence-electron chi connectivity index (χ2n) is 5.76. The predicted molar refractivity (Wildman–Crippen MR) is 107 cm³/mol. The van der Waals surface area contributed by atoms with Crippen molar-refractivity contribution in [2.75, 3.05) is 0 Å². The van der Waals surface area contributed by atoms with Gasteiger partial charge in [-0.3, -0.25) is 0 Å². The molecule has 0 atom stereocenters. The summed E-state index contributed by atoms with van der Waals surface area (Å²) in [6.07, 6.45) is 28.8. The maximum Gasteiger partial charge on any atom is 0.328 e.